The van der Waals surface area contributed by atoms with Crippen molar-refractivity contribution >= 4 is 12.6 Å². The normalized spacial score (nSPS) is 34.9. The molecule has 0 aromatic rings. The number of aliphatic imine (C=N–C) groups is 2. The third-order valence-corrected chi connectivity index (χ3v) is 3.44. The number of hydrogen-bond acceptors (Lipinski definition) is 3. The van der Waals surface area contributed by atoms with Crippen molar-refractivity contribution in [3.8, 4) is 0 Å². The molecule has 1 fully saturated rings. The maximum absolute atomic E-state index is 4.42. The topological polar surface area (TPSA) is 36.8 Å². The lowest BCUT2D eigenvalue weighted by Crippen LogP contribution is -2.36. The Labute approximate surface area is 84.0 Å². The second-order valence-corrected chi connectivity index (χ2v) is 4.27. The summed E-state index contributed by atoms with van der Waals surface area (Å²) in [5.41, 5.74) is 2.79. The van der Waals surface area contributed by atoms with Gasteiger partial charge in [-0.25, -0.2) is 4.99 Å². The quantitative estimate of drug-likeness (QED) is 0.616. The lowest BCUT2D eigenvalue weighted by atomic mass is 9.80. The van der Waals surface area contributed by atoms with Crippen LogP contribution in [0.15, 0.2) is 21.3 Å². The fourth-order valence-electron chi connectivity index (χ4n) is 2.72. The average Bonchev–Trinajstić information content (AvgIpc) is 2.29. The number of nitrogens with one attached hydrogen (secondary N) is 1. The number of rotatable bonds is 0. The van der Waals surface area contributed by atoms with Gasteiger partial charge in [0.05, 0.1) is 6.04 Å². The van der Waals surface area contributed by atoms with Crippen molar-refractivity contribution < 1.29 is 0 Å². The Morgan fingerprint density at radius 1 is 1.29 bits per heavy atom. The number of nitrogens with zero attached hydrogens (tertiary/aromatic N) is 2. The molecular formula is C11H15N3. The van der Waals surface area contributed by atoms with Gasteiger partial charge in [0.2, 0.25) is 0 Å². The Bertz CT molecular complexity index is 327. The summed E-state index contributed by atoms with van der Waals surface area (Å²) in [5, 5.41) is 3.53. The Balaban J connectivity index is 2.00. The van der Waals surface area contributed by atoms with E-state index in [1.807, 2.05) is 6.21 Å². The van der Waals surface area contributed by atoms with Crippen molar-refractivity contribution in [3.05, 3.63) is 11.3 Å². The Morgan fingerprint density at radius 3 is 3.29 bits per heavy atom. The second kappa shape index (κ2) is 3.23. The molecular weight excluding hydrogens is 174 g/mol. The first-order valence-corrected chi connectivity index (χ1v) is 5.48. The Kier molecular flexibility index (Phi) is 1.89. The molecule has 0 amide bonds. The lowest BCUT2D eigenvalue weighted by molar-refractivity contribution is 0.376. The van der Waals surface area contributed by atoms with E-state index in [2.05, 4.69) is 15.3 Å². The highest BCUT2D eigenvalue weighted by molar-refractivity contribution is 5.90. The van der Waals surface area contributed by atoms with Gasteiger partial charge < -0.3 is 5.32 Å². The minimum atomic E-state index is 0.393. The SMILES string of the molecule is C1=NC=NC2CCC3CCCNC3=C12. The van der Waals surface area contributed by atoms with Gasteiger partial charge in [0, 0.05) is 24.0 Å². The van der Waals surface area contributed by atoms with E-state index in [0.29, 0.717) is 6.04 Å². The molecule has 0 aromatic heterocycles. The van der Waals surface area contributed by atoms with Crippen molar-refractivity contribution in [1.82, 2.24) is 5.32 Å². The number of hydrogen-bond donors (Lipinski definition) is 1. The van der Waals surface area contributed by atoms with Crippen molar-refractivity contribution in [2.75, 3.05) is 6.54 Å². The van der Waals surface area contributed by atoms with E-state index < -0.39 is 0 Å². The summed E-state index contributed by atoms with van der Waals surface area (Å²) in [7, 11) is 0. The van der Waals surface area contributed by atoms with Crippen molar-refractivity contribution in [2.45, 2.75) is 31.7 Å². The van der Waals surface area contributed by atoms with Crippen LogP contribution in [-0.2, 0) is 0 Å². The van der Waals surface area contributed by atoms with Gasteiger partial charge in [-0.3, -0.25) is 4.99 Å². The summed E-state index contributed by atoms with van der Waals surface area (Å²) in [6.45, 7) is 1.12. The van der Waals surface area contributed by atoms with Crippen LogP contribution in [0.2, 0.25) is 0 Å². The van der Waals surface area contributed by atoms with Gasteiger partial charge in [-0.05, 0) is 31.6 Å². The zero-order chi connectivity index (χ0) is 9.38. The van der Waals surface area contributed by atoms with Crippen LogP contribution in [-0.4, -0.2) is 25.1 Å². The Hall–Kier alpha value is -1.12. The first kappa shape index (κ1) is 8.21. The monoisotopic (exact) mass is 189 g/mol. The maximum Gasteiger partial charge on any atom is 0.110 e. The lowest BCUT2D eigenvalue weighted by Gasteiger charge is -2.35. The van der Waals surface area contributed by atoms with Gasteiger partial charge in [0.15, 0.2) is 0 Å². The van der Waals surface area contributed by atoms with E-state index in [0.717, 1.165) is 12.5 Å². The maximum atomic E-state index is 4.42. The number of allylic oxidation sites excluding steroid dienone is 1. The van der Waals surface area contributed by atoms with E-state index >= 15 is 0 Å². The highest BCUT2D eigenvalue weighted by Crippen LogP contribution is 2.35. The van der Waals surface area contributed by atoms with Gasteiger partial charge in [0.25, 0.3) is 0 Å². The predicted octanol–water partition coefficient (Wildman–Crippen LogP) is 1.52. The molecule has 1 saturated heterocycles. The number of fused-ring (bicyclic) bond motifs is 2. The molecule has 2 aliphatic heterocycles. The van der Waals surface area contributed by atoms with Gasteiger partial charge in [0.1, 0.15) is 6.34 Å². The van der Waals surface area contributed by atoms with Gasteiger partial charge in [-0.2, -0.15) is 0 Å². The van der Waals surface area contributed by atoms with Crippen LogP contribution < -0.4 is 5.32 Å². The third kappa shape index (κ3) is 1.19. The van der Waals surface area contributed by atoms with Crippen LogP contribution in [0.3, 0.4) is 0 Å². The molecule has 3 heteroatoms. The molecule has 0 aromatic carbocycles. The van der Waals surface area contributed by atoms with Crippen LogP contribution in [0.1, 0.15) is 25.7 Å². The zero-order valence-corrected chi connectivity index (χ0v) is 8.24. The molecule has 3 rings (SSSR count). The minimum absolute atomic E-state index is 0.393. The number of piperidine rings is 1. The van der Waals surface area contributed by atoms with Crippen molar-refractivity contribution in [1.29, 1.82) is 0 Å². The molecule has 1 N–H and O–H groups in total. The van der Waals surface area contributed by atoms with Crippen molar-refractivity contribution in [2.24, 2.45) is 15.9 Å². The van der Waals surface area contributed by atoms with Crippen LogP contribution in [0.4, 0.5) is 0 Å². The average molecular weight is 189 g/mol. The molecule has 14 heavy (non-hydrogen) atoms. The summed E-state index contributed by atoms with van der Waals surface area (Å²) in [6, 6.07) is 0.393. The van der Waals surface area contributed by atoms with E-state index in [-0.39, 0.29) is 0 Å². The fourth-order valence-corrected chi connectivity index (χ4v) is 2.72. The fraction of sp³-hybridized carbons (Fsp3) is 0.636. The third-order valence-electron chi connectivity index (χ3n) is 3.44. The molecule has 1 aliphatic carbocycles. The van der Waals surface area contributed by atoms with Crippen LogP contribution >= 0.6 is 0 Å². The van der Waals surface area contributed by atoms with Gasteiger partial charge in [-0.15, -0.1) is 0 Å². The summed E-state index contributed by atoms with van der Waals surface area (Å²) in [6.07, 6.45) is 8.84. The predicted molar refractivity (Wildman–Crippen MR) is 57.8 cm³/mol. The van der Waals surface area contributed by atoms with Crippen LogP contribution in [0, 0.1) is 5.92 Å². The highest BCUT2D eigenvalue weighted by atomic mass is 15.0. The molecule has 74 valence electrons. The Morgan fingerprint density at radius 2 is 2.29 bits per heavy atom. The molecule has 0 bridgehead atoms. The van der Waals surface area contributed by atoms with E-state index in [1.165, 1.54) is 37.0 Å². The minimum Gasteiger partial charge on any atom is -0.388 e. The zero-order valence-electron chi connectivity index (χ0n) is 8.24. The molecule has 0 saturated carbocycles. The summed E-state index contributed by atoms with van der Waals surface area (Å²) >= 11 is 0. The largest absolute Gasteiger partial charge is 0.388 e. The smallest absolute Gasteiger partial charge is 0.110 e. The van der Waals surface area contributed by atoms with Crippen LogP contribution in [0.5, 0.6) is 0 Å². The second-order valence-electron chi connectivity index (χ2n) is 4.27. The van der Waals surface area contributed by atoms with Crippen LogP contribution in [0.25, 0.3) is 0 Å². The molecule has 3 nitrogen and oxygen atoms in total. The molecule has 2 atom stereocenters. The molecule has 2 unspecified atom stereocenters. The van der Waals surface area contributed by atoms with Crippen molar-refractivity contribution in [3.63, 3.8) is 0 Å². The summed E-state index contributed by atoms with van der Waals surface area (Å²) < 4.78 is 0. The first-order valence-electron chi connectivity index (χ1n) is 5.48. The highest BCUT2D eigenvalue weighted by Gasteiger charge is 2.30. The summed E-state index contributed by atoms with van der Waals surface area (Å²) in [5.74, 6) is 0.759. The molecule has 0 spiro atoms. The molecule has 3 aliphatic rings. The van der Waals surface area contributed by atoms with Gasteiger partial charge in [-0.1, -0.05) is 0 Å². The van der Waals surface area contributed by atoms with E-state index in [1.54, 1.807) is 6.34 Å². The summed E-state index contributed by atoms with van der Waals surface area (Å²) in [4.78, 5) is 8.56. The van der Waals surface area contributed by atoms with E-state index in [9.17, 15) is 0 Å². The first-order chi connectivity index (χ1) is 6.95. The standard InChI is InChI=1S/C11H15N3/c1-2-8-3-4-10-9(6-12-7-14-10)11(8)13-5-1/h6-8,10,13H,1-5H2. The van der Waals surface area contributed by atoms with Gasteiger partial charge >= 0.3 is 0 Å². The van der Waals surface area contributed by atoms with E-state index in [4.69, 9.17) is 0 Å². The molecule has 0 radical (unpaired) electrons. The molecule has 2 heterocycles.